The molecule has 0 unspecified atom stereocenters. The Hall–Kier alpha value is -3.47. The van der Waals surface area contributed by atoms with Crippen LogP contribution in [-0.4, -0.2) is 101 Å². The molecule has 3 aromatic rings. The molecule has 10 nitrogen and oxygen atoms in total. The fourth-order valence-electron chi connectivity index (χ4n) is 4.08. The predicted octanol–water partition coefficient (Wildman–Crippen LogP) is 2.43. The number of hydrogen-bond acceptors (Lipinski definition) is 8. The molecule has 1 fully saturated rings. The Morgan fingerprint density at radius 3 is 2.47 bits per heavy atom. The van der Waals surface area contributed by atoms with Crippen LogP contribution < -0.4 is 4.74 Å². The summed E-state index contributed by atoms with van der Waals surface area (Å²) in [6.07, 6.45) is -4.65. The van der Waals surface area contributed by atoms with Crippen molar-refractivity contribution in [1.82, 2.24) is 34.7 Å². The normalized spacial score (nSPS) is 14.7. The first-order chi connectivity index (χ1) is 17.6. The van der Waals surface area contributed by atoms with Gasteiger partial charge < -0.3 is 9.64 Å². The molecule has 38 heavy (non-hydrogen) atoms. The number of rotatable bonds is 7. The SMILES string of the molecule is CN(C)C(=O)CN1CCN(CCOc2ccc(-c3cc4c(nnn4C)c(C#N)n3)cc2C(F)(F)F)CC1.Cl. The van der Waals surface area contributed by atoms with Crippen LogP contribution in [0.15, 0.2) is 24.3 Å². The average molecular weight is 553 g/mol. The van der Waals surface area contributed by atoms with Gasteiger partial charge >= 0.3 is 6.18 Å². The van der Waals surface area contributed by atoms with E-state index in [1.807, 2.05) is 6.07 Å². The molecular weight excluding hydrogens is 525 g/mol. The van der Waals surface area contributed by atoms with E-state index in [9.17, 15) is 23.2 Å². The van der Waals surface area contributed by atoms with E-state index < -0.39 is 11.7 Å². The van der Waals surface area contributed by atoms with E-state index in [2.05, 4.69) is 25.1 Å². The van der Waals surface area contributed by atoms with Crippen LogP contribution in [0.4, 0.5) is 13.2 Å². The third-order valence-corrected chi connectivity index (χ3v) is 6.27. The highest BCUT2D eigenvalue weighted by atomic mass is 35.5. The highest BCUT2D eigenvalue weighted by Crippen LogP contribution is 2.39. The molecule has 0 spiro atoms. The monoisotopic (exact) mass is 552 g/mol. The van der Waals surface area contributed by atoms with Gasteiger partial charge in [0.25, 0.3) is 0 Å². The van der Waals surface area contributed by atoms with Gasteiger partial charge in [0.2, 0.25) is 5.91 Å². The number of piperazine rings is 1. The molecule has 0 bridgehead atoms. The lowest BCUT2D eigenvalue weighted by Gasteiger charge is -2.34. The van der Waals surface area contributed by atoms with Crippen LogP contribution >= 0.6 is 12.4 Å². The lowest BCUT2D eigenvalue weighted by atomic mass is 10.1. The van der Waals surface area contributed by atoms with Crippen molar-refractivity contribution in [2.24, 2.45) is 7.05 Å². The number of carbonyl (C=O) groups excluding carboxylic acids is 1. The average Bonchev–Trinajstić information content (AvgIpc) is 3.24. The summed E-state index contributed by atoms with van der Waals surface area (Å²) in [7, 11) is 5.06. The molecule has 0 aliphatic carbocycles. The van der Waals surface area contributed by atoms with Crippen molar-refractivity contribution in [3.63, 3.8) is 0 Å². The van der Waals surface area contributed by atoms with Crippen LogP contribution in [0.5, 0.6) is 5.75 Å². The fourth-order valence-corrected chi connectivity index (χ4v) is 4.08. The van der Waals surface area contributed by atoms with E-state index in [4.69, 9.17) is 4.74 Å². The van der Waals surface area contributed by atoms with Crippen molar-refractivity contribution < 1.29 is 22.7 Å². The fraction of sp³-hybridized carbons (Fsp3) is 0.458. The van der Waals surface area contributed by atoms with Gasteiger partial charge in [-0.15, -0.1) is 17.5 Å². The summed E-state index contributed by atoms with van der Waals surface area (Å²) in [5.74, 6) is -0.230. The second-order valence-corrected chi connectivity index (χ2v) is 9.01. The molecule has 0 atom stereocenters. The molecule has 0 saturated carbocycles. The minimum atomic E-state index is -4.65. The van der Waals surface area contributed by atoms with Gasteiger partial charge in [0.1, 0.15) is 23.9 Å². The summed E-state index contributed by atoms with van der Waals surface area (Å²) in [6.45, 7) is 3.72. The molecule has 3 heterocycles. The topological polar surface area (TPSA) is 103 Å². The van der Waals surface area contributed by atoms with Crippen LogP contribution in [0.3, 0.4) is 0 Å². The van der Waals surface area contributed by atoms with E-state index in [1.165, 1.54) is 16.8 Å². The van der Waals surface area contributed by atoms with Crippen molar-refractivity contribution in [2.45, 2.75) is 6.18 Å². The third-order valence-electron chi connectivity index (χ3n) is 6.27. The number of carbonyl (C=O) groups is 1. The molecule has 0 radical (unpaired) electrons. The summed E-state index contributed by atoms with van der Waals surface area (Å²) < 4.78 is 48.8. The van der Waals surface area contributed by atoms with Gasteiger partial charge in [-0.3, -0.25) is 14.6 Å². The Morgan fingerprint density at radius 2 is 1.84 bits per heavy atom. The number of aromatic nitrogens is 4. The standard InChI is InChI=1S/C24H27F3N8O2.ClH/c1-32(2)22(36)15-35-8-6-34(7-9-35)10-11-37-21-5-4-16(12-17(21)24(25,26)27)18-13-20-23(19(14-28)29-18)30-31-33(20)3;/h4-5,12-13H,6-11,15H2,1-3H3;1H. The molecule has 4 rings (SSSR count). The predicted molar refractivity (Wildman–Crippen MR) is 136 cm³/mol. The van der Waals surface area contributed by atoms with Gasteiger partial charge in [0, 0.05) is 59.4 Å². The summed E-state index contributed by atoms with van der Waals surface area (Å²) in [6, 6.07) is 7.23. The first kappa shape index (κ1) is 29.1. The minimum absolute atomic E-state index is 0. The van der Waals surface area contributed by atoms with E-state index in [-0.39, 0.29) is 53.1 Å². The molecule has 1 aliphatic rings. The number of ether oxygens (including phenoxy) is 1. The number of benzene rings is 1. The number of alkyl halides is 3. The molecule has 1 saturated heterocycles. The number of nitrogens with zero attached hydrogens (tertiary/aromatic N) is 8. The van der Waals surface area contributed by atoms with Gasteiger partial charge in [-0.25, -0.2) is 9.67 Å². The molecule has 204 valence electrons. The molecule has 0 N–H and O–H groups in total. The maximum Gasteiger partial charge on any atom is 0.419 e. The Labute approximate surface area is 224 Å². The first-order valence-corrected chi connectivity index (χ1v) is 11.7. The van der Waals surface area contributed by atoms with Crippen LogP contribution in [0.25, 0.3) is 22.3 Å². The van der Waals surface area contributed by atoms with Gasteiger partial charge in [-0.1, -0.05) is 5.21 Å². The molecule has 1 aromatic carbocycles. The Balaban J connectivity index is 0.00000400. The molecule has 1 amide bonds. The largest absolute Gasteiger partial charge is 0.492 e. The highest BCUT2D eigenvalue weighted by Gasteiger charge is 2.35. The molecular formula is C24H28ClF3N8O2. The van der Waals surface area contributed by atoms with E-state index >= 15 is 0 Å². The Bertz CT molecular complexity index is 1330. The number of aryl methyl sites for hydroxylation is 1. The maximum atomic E-state index is 13.9. The van der Waals surface area contributed by atoms with Crippen molar-refractivity contribution in [1.29, 1.82) is 5.26 Å². The summed E-state index contributed by atoms with van der Waals surface area (Å²) in [4.78, 5) is 21.8. The number of nitriles is 1. The van der Waals surface area contributed by atoms with Crippen LogP contribution in [-0.2, 0) is 18.0 Å². The summed E-state index contributed by atoms with van der Waals surface area (Å²) in [5, 5.41) is 17.2. The number of amides is 1. The second-order valence-electron chi connectivity index (χ2n) is 9.01. The van der Waals surface area contributed by atoms with Gasteiger partial charge in [-0.2, -0.15) is 18.4 Å². The number of likely N-dealkylation sites (N-methyl/N-ethyl adjacent to an activating group) is 1. The lowest BCUT2D eigenvalue weighted by molar-refractivity contribution is -0.139. The number of pyridine rings is 1. The van der Waals surface area contributed by atoms with Crippen molar-refractivity contribution in [3.8, 4) is 23.1 Å². The summed E-state index contributed by atoms with van der Waals surface area (Å²) >= 11 is 0. The number of fused-ring (bicyclic) bond motifs is 1. The first-order valence-electron chi connectivity index (χ1n) is 11.7. The highest BCUT2D eigenvalue weighted by molar-refractivity contribution is 5.85. The quantitative estimate of drug-likeness (QED) is 0.440. The number of halogens is 4. The zero-order valence-corrected chi connectivity index (χ0v) is 22.0. The molecule has 1 aliphatic heterocycles. The molecule has 2 aromatic heterocycles. The van der Waals surface area contributed by atoms with Gasteiger partial charge in [-0.05, 0) is 24.3 Å². The Morgan fingerprint density at radius 1 is 1.16 bits per heavy atom. The summed E-state index contributed by atoms with van der Waals surface area (Å²) in [5.41, 5.74) is 0.248. The molecule has 14 heteroatoms. The lowest BCUT2D eigenvalue weighted by Crippen LogP contribution is -2.50. The minimum Gasteiger partial charge on any atom is -0.492 e. The van der Waals surface area contributed by atoms with Crippen LogP contribution in [0.1, 0.15) is 11.3 Å². The van der Waals surface area contributed by atoms with Crippen molar-refractivity contribution in [2.75, 3.05) is 60.0 Å². The zero-order chi connectivity index (χ0) is 26.7. The Kier molecular flexibility index (Phi) is 9.14. The zero-order valence-electron chi connectivity index (χ0n) is 21.2. The maximum absolute atomic E-state index is 13.9. The van der Waals surface area contributed by atoms with Crippen molar-refractivity contribution in [3.05, 3.63) is 35.5 Å². The second kappa shape index (κ2) is 11.9. The van der Waals surface area contributed by atoms with Gasteiger partial charge in [0.05, 0.1) is 23.3 Å². The number of hydrogen-bond donors (Lipinski definition) is 0. The van der Waals surface area contributed by atoms with Gasteiger partial charge in [0.15, 0.2) is 5.69 Å². The smallest absolute Gasteiger partial charge is 0.419 e. The van der Waals surface area contributed by atoms with E-state index in [0.29, 0.717) is 44.8 Å². The third kappa shape index (κ3) is 6.50. The van der Waals surface area contributed by atoms with Crippen LogP contribution in [0, 0.1) is 11.3 Å². The van der Waals surface area contributed by atoms with Crippen LogP contribution in [0.2, 0.25) is 0 Å². The van der Waals surface area contributed by atoms with E-state index in [1.54, 1.807) is 32.1 Å². The van der Waals surface area contributed by atoms with E-state index in [0.717, 1.165) is 6.07 Å². The van der Waals surface area contributed by atoms with Crippen molar-refractivity contribution >= 4 is 29.3 Å².